The van der Waals surface area contributed by atoms with Crippen LogP contribution in [0.3, 0.4) is 0 Å². The molecule has 1 aliphatic carbocycles. The summed E-state index contributed by atoms with van der Waals surface area (Å²) < 4.78 is 37.4. The van der Waals surface area contributed by atoms with E-state index in [9.17, 15) is 13.2 Å². The molecule has 1 amide bonds. The van der Waals surface area contributed by atoms with Crippen molar-refractivity contribution in [3.63, 3.8) is 0 Å². The lowest BCUT2D eigenvalue weighted by atomic mass is 10.2. The molecule has 1 aromatic heterocycles. The van der Waals surface area contributed by atoms with E-state index >= 15 is 0 Å². The first kappa shape index (κ1) is 16.5. The molecule has 1 aliphatic heterocycles. The first-order valence-corrected chi connectivity index (χ1v) is 9.50. The van der Waals surface area contributed by atoms with Crippen LogP contribution < -0.4 is 4.72 Å². The van der Waals surface area contributed by atoms with Crippen molar-refractivity contribution >= 4 is 15.9 Å². The van der Waals surface area contributed by atoms with Crippen LogP contribution in [0.2, 0.25) is 0 Å². The Morgan fingerprint density at radius 1 is 1.48 bits per heavy atom. The molecule has 0 bridgehead atoms. The minimum absolute atomic E-state index is 0.113. The van der Waals surface area contributed by atoms with E-state index in [2.05, 4.69) is 11.6 Å². The molecule has 1 saturated heterocycles. The number of nitrogens with one attached hydrogen (secondary N) is 1. The third-order valence-corrected chi connectivity index (χ3v) is 5.72. The molecule has 3 atom stereocenters. The van der Waals surface area contributed by atoms with Crippen LogP contribution in [-0.4, -0.2) is 50.8 Å². The van der Waals surface area contributed by atoms with Gasteiger partial charge in [0.05, 0.1) is 31.3 Å². The predicted octanol–water partition coefficient (Wildman–Crippen LogP) is 0.582. The van der Waals surface area contributed by atoms with E-state index in [4.69, 9.17) is 9.15 Å². The van der Waals surface area contributed by atoms with Crippen molar-refractivity contribution in [1.29, 1.82) is 0 Å². The Labute approximate surface area is 136 Å². The van der Waals surface area contributed by atoms with Gasteiger partial charge in [0.25, 0.3) is 0 Å². The molecule has 2 fully saturated rings. The number of morpholine rings is 1. The van der Waals surface area contributed by atoms with E-state index in [0.717, 1.165) is 6.42 Å². The second-order valence-corrected chi connectivity index (χ2v) is 8.13. The Kier molecular flexibility index (Phi) is 4.74. The Morgan fingerprint density at radius 2 is 2.26 bits per heavy atom. The Hall–Kier alpha value is -1.38. The number of rotatable bonds is 6. The van der Waals surface area contributed by atoms with E-state index in [1.807, 2.05) is 0 Å². The largest absolute Gasteiger partial charge is 0.468 e. The zero-order chi connectivity index (χ0) is 16.4. The summed E-state index contributed by atoms with van der Waals surface area (Å²) in [6.07, 6.45) is 1.94. The smallest absolute Gasteiger partial charge is 0.226 e. The van der Waals surface area contributed by atoms with Gasteiger partial charge in [-0.05, 0) is 24.5 Å². The van der Waals surface area contributed by atoms with E-state index < -0.39 is 16.1 Å². The van der Waals surface area contributed by atoms with Crippen molar-refractivity contribution in [3.8, 4) is 0 Å². The molecule has 1 saturated carbocycles. The van der Waals surface area contributed by atoms with Gasteiger partial charge in [0.15, 0.2) is 0 Å². The van der Waals surface area contributed by atoms with Gasteiger partial charge in [0, 0.05) is 19.0 Å². The van der Waals surface area contributed by atoms with Gasteiger partial charge < -0.3 is 14.1 Å². The zero-order valence-electron chi connectivity index (χ0n) is 13.1. The normalized spacial score (nSPS) is 27.9. The zero-order valence-corrected chi connectivity index (χ0v) is 13.9. The van der Waals surface area contributed by atoms with Gasteiger partial charge >= 0.3 is 0 Å². The molecule has 0 radical (unpaired) electrons. The van der Waals surface area contributed by atoms with Gasteiger partial charge in [-0.3, -0.25) is 4.79 Å². The topological polar surface area (TPSA) is 88.8 Å². The fraction of sp³-hybridized carbons (Fsp3) is 0.667. The maximum atomic E-state index is 12.3. The number of amides is 1. The molecule has 1 N–H and O–H groups in total. The predicted molar refractivity (Wildman–Crippen MR) is 82.9 cm³/mol. The molecule has 3 rings (SSSR count). The van der Waals surface area contributed by atoms with Crippen LogP contribution in [0.4, 0.5) is 0 Å². The molecule has 2 aliphatic rings. The van der Waals surface area contributed by atoms with Crippen molar-refractivity contribution < 1.29 is 22.4 Å². The highest BCUT2D eigenvalue weighted by Gasteiger charge is 2.42. The molecular formula is C15H22N2O5S. The molecule has 8 heteroatoms. The lowest BCUT2D eigenvalue weighted by Crippen LogP contribution is -2.49. The first-order valence-electron chi connectivity index (χ1n) is 7.85. The monoisotopic (exact) mass is 342 g/mol. The molecule has 1 aromatic rings. The van der Waals surface area contributed by atoms with Crippen LogP contribution in [0.25, 0.3) is 0 Å². The van der Waals surface area contributed by atoms with Gasteiger partial charge in [0.1, 0.15) is 5.76 Å². The second kappa shape index (κ2) is 6.62. The number of carbonyl (C=O) groups excluding carboxylic acids is 1. The maximum Gasteiger partial charge on any atom is 0.226 e. The molecular weight excluding hydrogens is 320 g/mol. The molecule has 0 spiro atoms. The van der Waals surface area contributed by atoms with Crippen LogP contribution in [-0.2, 0) is 26.1 Å². The lowest BCUT2D eigenvalue weighted by Gasteiger charge is -2.33. The third kappa shape index (κ3) is 4.33. The summed E-state index contributed by atoms with van der Waals surface area (Å²) >= 11 is 0. The van der Waals surface area contributed by atoms with E-state index in [1.54, 1.807) is 17.0 Å². The molecule has 2 heterocycles. The molecule has 0 unspecified atom stereocenters. The van der Waals surface area contributed by atoms with E-state index in [1.165, 1.54) is 6.26 Å². The summed E-state index contributed by atoms with van der Waals surface area (Å²) in [6.45, 7) is 3.43. The molecule has 0 aromatic carbocycles. The SMILES string of the molecule is C[C@@H]1C[C@@H]1C(=O)N1CCO[C@@H](CS(=O)(=O)NCc2ccco2)C1. The standard InChI is InChI=1S/C15H22N2O5S/c1-11-7-14(11)15(18)17-4-6-22-13(9-17)10-23(19,20)16-8-12-3-2-5-21-12/h2-3,5,11,13-14,16H,4,6-10H2,1H3/t11-,13-,14+/m1/s1. The molecule has 23 heavy (non-hydrogen) atoms. The summed E-state index contributed by atoms with van der Waals surface area (Å²) in [4.78, 5) is 14.0. The second-order valence-electron chi connectivity index (χ2n) is 6.28. The number of sulfonamides is 1. The van der Waals surface area contributed by atoms with Crippen LogP contribution in [0.1, 0.15) is 19.1 Å². The highest BCUT2D eigenvalue weighted by atomic mass is 32.2. The molecule has 7 nitrogen and oxygen atoms in total. The number of furan rings is 1. The number of hydrogen-bond acceptors (Lipinski definition) is 5. The van der Waals surface area contributed by atoms with Gasteiger partial charge in [-0.15, -0.1) is 0 Å². The lowest BCUT2D eigenvalue weighted by molar-refractivity contribution is -0.139. The third-order valence-electron chi connectivity index (χ3n) is 4.33. The highest BCUT2D eigenvalue weighted by molar-refractivity contribution is 7.89. The van der Waals surface area contributed by atoms with Crippen molar-refractivity contribution in [2.24, 2.45) is 11.8 Å². The summed E-state index contributed by atoms with van der Waals surface area (Å²) in [5.41, 5.74) is 0. The van der Waals surface area contributed by atoms with Crippen LogP contribution >= 0.6 is 0 Å². The maximum absolute atomic E-state index is 12.3. The van der Waals surface area contributed by atoms with Gasteiger partial charge in [0.2, 0.25) is 15.9 Å². The van der Waals surface area contributed by atoms with Crippen molar-refractivity contribution in [2.75, 3.05) is 25.4 Å². The number of carbonyl (C=O) groups is 1. The van der Waals surface area contributed by atoms with Gasteiger partial charge in [-0.25, -0.2) is 13.1 Å². The first-order chi connectivity index (χ1) is 10.9. The minimum Gasteiger partial charge on any atom is -0.468 e. The molecule has 128 valence electrons. The van der Waals surface area contributed by atoms with Crippen LogP contribution in [0.15, 0.2) is 22.8 Å². The average Bonchev–Trinajstić information content (AvgIpc) is 3.01. The number of ether oxygens (including phenoxy) is 1. The van der Waals surface area contributed by atoms with Crippen LogP contribution in [0, 0.1) is 11.8 Å². The minimum atomic E-state index is -3.49. The highest BCUT2D eigenvalue weighted by Crippen LogP contribution is 2.39. The van der Waals surface area contributed by atoms with E-state index in [-0.39, 0.29) is 24.1 Å². The van der Waals surface area contributed by atoms with Gasteiger partial charge in [-0.2, -0.15) is 0 Å². The quantitative estimate of drug-likeness (QED) is 0.817. The summed E-state index contributed by atoms with van der Waals surface area (Å²) in [5, 5.41) is 0. The fourth-order valence-electron chi connectivity index (χ4n) is 2.82. The Bertz CT molecular complexity index is 643. The summed E-state index contributed by atoms with van der Waals surface area (Å²) in [5.74, 6) is 1.09. The van der Waals surface area contributed by atoms with Crippen molar-refractivity contribution in [1.82, 2.24) is 9.62 Å². The number of nitrogens with zero attached hydrogens (tertiary/aromatic N) is 1. The Morgan fingerprint density at radius 3 is 2.91 bits per heavy atom. The van der Waals surface area contributed by atoms with Crippen molar-refractivity contribution in [3.05, 3.63) is 24.2 Å². The van der Waals surface area contributed by atoms with E-state index in [0.29, 0.717) is 31.4 Å². The number of hydrogen-bond donors (Lipinski definition) is 1. The average molecular weight is 342 g/mol. The summed E-state index contributed by atoms with van der Waals surface area (Å²) in [7, 11) is -3.49. The Balaban J connectivity index is 1.51. The summed E-state index contributed by atoms with van der Waals surface area (Å²) in [6, 6.07) is 3.41. The fourth-order valence-corrected chi connectivity index (χ4v) is 3.99. The van der Waals surface area contributed by atoms with Crippen LogP contribution in [0.5, 0.6) is 0 Å². The van der Waals surface area contributed by atoms with Crippen molar-refractivity contribution in [2.45, 2.75) is 26.0 Å². The van der Waals surface area contributed by atoms with Gasteiger partial charge in [-0.1, -0.05) is 6.92 Å².